The predicted molar refractivity (Wildman–Crippen MR) is 67.7 cm³/mol. The zero-order chi connectivity index (χ0) is 13.2. The molecule has 5 nitrogen and oxygen atoms in total. The number of hydrogen-bond donors (Lipinski definition) is 1. The molecule has 0 amide bonds. The Bertz CT molecular complexity index is 344. The maximum absolute atomic E-state index is 9.06. The molecular formula is C13H21NO4. The Morgan fingerprint density at radius 1 is 1.17 bits per heavy atom. The fourth-order valence-corrected chi connectivity index (χ4v) is 1.48. The molecule has 0 radical (unpaired) electrons. The molecule has 1 aromatic heterocycles. The van der Waals surface area contributed by atoms with Crippen molar-refractivity contribution in [2.24, 2.45) is 0 Å². The van der Waals surface area contributed by atoms with Gasteiger partial charge in [-0.05, 0) is 25.0 Å². The van der Waals surface area contributed by atoms with E-state index in [2.05, 4.69) is 4.98 Å². The van der Waals surface area contributed by atoms with Crippen LogP contribution in [0.5, 0.6) is 5.88 Å². The van der Waals surface area contributed by atoms with Crippen molar-refractivity contribution >= 4 is 0 Å². The summed E-state index contributed by atoms with van der Waals surface area (Å²) in [6.45, 7) is 4.21. The summed E-state index contributed by atoms with van der Waals surface area (Å²) in [4.78, 5) is 4.22. The molecule has 1 aromatic rings. The van der Waals surface area contributed by atoms with Crippen LogP contribution in [0, 0.1) is 6.92 Å². The summed E-state index contributed by atoms with van der Waals surface area (Å²) >= 11 is 0. The van der Waals surface area contributed by atoms with Gasteiger partial charge in [0.2, 0.25) is 5.88 Å². The van der Waals surface area contributed by atoms with E-state index in [9.17, 15) is 0 Å². The van der Waals surface area contributed by atoms with E-state index in [0.29, 0.717) is 32.3 Å². The van der Waals surface area contributed by atoms with E-state index in [0.717, 1.165) is 17.7 Å². The number of methoxy groups -OCH3 is 1. The third-order valence-corrected chi connectivity index (χ3v) is 2.29. The van der Waals surface area contributed by atoms with E-state index in [-0.39, 0.29) is 6.61 Å². The van der Waals surface area contributed by atoms with E-state index >= 15 is 0 Å². The number of aliphatic hydroxyl groups excluding tert-OH is 1. The van der Waals surface area contributed by atoms with Gasteiger partial charge in [-0.1, -0.05) is 0 Å². The topological polar surface area (TPSA) is 60.8 Å². The molecule has 0 aromatic carbocycles. The van der Waals surface area contributed by atoms with Gasteiger partial charge in [0, 0.05) is 32.1 Å². The van der Waals surface area contributed by atoms with E-state index < -0.39 is 0 Å². The monoisotopic (exact) mass is 255 g/mol. The first-order valence-corrected chi connectivity index (χ1v) is 6.04. The summed E-state index contributed by atoms with van der Waals surface area (Å²) in [7, 11) is 1.67. The van der Waals surface area contributed by atoms with Crippen LogP contribution in [-0.4, -0.2) is 43.6 Å². The molecule has 1 N–H and O–H groups in total. The molecule has 5 heteroatoms. The van der Waals surface area contributed by atoms with Crippen LogP contribution in [-0.2, 0) is 16.1 Å². The quantitative estimate of drug-likeness (QED) is 0.674. The summed E-state index contributed by atoms with van der Waals surface area (Å²) in [6, 6.07) is 3.56. The van der Waals surface area contributed by atoms with Gasteiger partial charge in [-0.15, -0.1) is 0 Å². The molecule has 18 heavy (non-hydrogen) atoms. The molecule has 0 aliphatic rings. The second-order valence-electron chi connectivity index (χ2n) is 3.92. The van der Waals surface area contributed by atoms with Crippen molar-refractivity contribution in [2.45, 2.75) is 20.0 Å². The van der Waals surface area contributed by atoms with Gasteiger partial charge < -0.3 is 19.3 Å². The molecule has 0 aliphatic carbocycles. The molecule has 0 fully saturated rings. The van der Waals surface area contributed by atoms with E-state index in [4.69, 9.17) is 19.3 Å². The Balaban J connectivity index is 2.20. The molecule has 0 saturated carbocycles. The molecule has 0 saturated heterocycles. The van der Waals surface area contributed by atoms with Crippen LogP contribution in [0.3, 0.4) is 0 Å². The second-order valence-corrected chi connectivity index (χ2v) is 3.92. The molecule has 0 bridgehead atoms. The highest BCUT2D eigenvalue weighted by atomic mass is 16.5. The van der Waals surface area contributed by atoms with Gasteiger partial charge >= 0.3 is 0 Å². The summed E-state index contributed by atoms with van der Waals surface area (Å²) in [6.07, 6.45) is 0.883. The highest BCUT2D eigenvalue weighted by molar-refractivity contribution is 5.23. The Morgan fingerprint density at radius 2 is 2.00 bits per heavy atom. The summed E-state index contributed by atoms with van der Waals surface area (Å²) in [5, 5.41) is 9.06. The van der Waals surface area contributed by atoms with E-state index in [1.54, 1.807) is 13.2 Å². The van der Waals surface area contributed by atoms with Gasteiger partial charge in [-0.25, -0.2) is 4.98 Å². The smallest absolute Gasteiger partial charge is 0.213 e. The highest BCUT2D eigenvalue weighted by Gasteiger charge is 2.00. The SMILES string of the molecule is COCCCOCCOc1cc(CO)cc(C)n1. The largest absolute Gasteiger partial charge is 0.475 e. The standard InChI is InChI=1S/C13H21NO4/c1-11-8-12(10-15)9-13(14-11)18-7-6-17-5-3-4-16-2/h8-9,15H,3-7,10H2,1-2H3. The zero-order valence-electron chi connectivity index (χ0n) is 11.0. The first kappa shape index (κ1) is 14.9. The van der Waals surface area contributed by atoms with Gasteiger partial charge in [0.25, 0.3) is 0 Å². The third kappa shape index (κ3) is 5.95. The fourth-order valence-electron chi connectivity index (χ4n) is 1.48. The minimum absolute atomic E-state index is 0.00671. The summed E-state index contributed by atoms with van der Waals surface area (Å²) in [5.74, 6) is 0.527. The first-order valence-electron chi connectivity index (χ1n) is 6.04. The molecule has 1 rings (SSSR count). The zero-order valence-corrected chi connectivity index (χ0v) is 11.0. The molecule has 102 valence electrons. The number of aryl methyl sites for hydroxylation is 1. The van der Waals surface area contributed by atoms with Crippen molar-refractivity contribution in [1.29, 1.82) is 0 Å². The summed E-state index contributed by atoms with van der Waals surface area (Å²) < 4.78 is 15.7. The molecule has 0 aliphatic heterocycles. The minimum atomic E-state index is -0.00671. The summed E-state index contributed by atoms with van der Waals surface area (Å²) in [5.41, 5.74) is 1.64. The second kappa shape index (κ2) is 8.85. The normalized spacial score (nSPS) is 10.6. The fraction of sp³-hybridized carbons (Fsp3) is 0.615. The maximum Gasteiger partial charge on any atom is 0.213 e. The average molecular weight is 255 g/mol. The Kier molecular flexibility index (Phi) is 7.32. The van der Waals surface area contributed by atoms with Crippen molar-refractivity contribution < 1.29 is 19.3 Å². The van der Waals surface area contributed by atoms with Crippen molar-refractivity contribution in [3.8, 4) is 5.88 Å². The van der Waals surface area contributed by atoms with Crippen molar-refractivity contribution in [3.63, 3.8) is 0 Å². The van der Waals surface area contributed by atoms with Crippen LogP contribution in [0.1, 0.15) is 17.7 Å². The Morgan fingerprint density at radius 3 is 2.72 bits per heavy atom. The Hall–Kier alpha value is -1.17. The van der Waals surface area contributed by atoms with Gasteiger partial charge in [0.05, 0.1) is 13.2 Å². The maximum atomic E-state index is 9.06. The predicted octanol–water partition coefficient (Wildman–Crippen LogP) is 1.31. The first-order chi connectivity index (χ1) is 8.76. The molecule has 1 heterocycles. The number of rotatable bonds is 9. The average Bonchev–Trinajstić information content (AvgIpc) is 2.37. The minimum Gasteiger partial charge on any atom is -0.475 e. The van der Waals surface area contributed by atoms with Crippen LogP contribution < -0.4 is 4.74 Å². The third-order valence-electron chi connectivity index (χ3n) is 2.29. The number of nitrogens with zero attached hydrogens (tertiary/aromatic N) is 1. The van der Waals surface area contributed by atoms with Gasteiger partial charge in [0.15, 0.2) is 0 Å². The number of aromatic nitrogens is 1. The lowest BCUT2D eigenvalue weighted by molar-refractivity contribution is 0.0794. The highest BCUT2D eigenvalue weighted by Crippen LogP contribution is 2.12. The molecule has 0 spiro atoms. The molecule has 0 unspecified atom stereocenters. The lowest BCUT2D eigenvalue weighted by Gasteiger charge is -2.08. The number of pyridine rings is 1. The number of ether oxygens (including phenoxy) is 3. The van der Waals surface area contributed by atoms with E-state index in [1.165, 1.54) is 0 Å². The lowest BCUT2D eigenvalue weighted by Crippen LogP contribution is -2.09. The van der Waals surface area contributed by atoms with Crippen LogP contribution in [0.2, 0.25) is 0 Å². The van der Waals surface area contributed by atoms with Gasteiger partial charge in [-0.3, -0.25) is 0 Å². The Labute approximate surface area is 108 Å². The van der Waals surface area contributed by atoms with Crippen LogP contribution in [0.15, 0.2) is 12.1 Å². The molecular weight excluding hydrogens is 234 g/mol. The van der Waals surface area contributed by atoms with Crippen molar-refractivity contribution in [3.05, 3.63) is 23.4 Å². The van der Waals surface area contributed by atoms with Gasteiger partial charge in [-0.2, -0.15) is 0 Å². The molecule has 0 atom stereocenters. The van der Waals surface area contributed by atoms with Crippen LogP contribution in [0.4, 0.5) is 0 Å². The van der Waals surface area contributed by atoms with Crippen LogP contribution >= 0.6 is 0 Å². The van der Waals surface area contributed by atoms with Crippen LogP contribution in [0.25, 0.3) is 0 Å². The number of aliphatic hydroxyl groups is 1. The van der Waals surface area contributed by atoms with Gasteiger partial charge in [0.1, 0.15) is 6.61 Å². The lowest BCUT2D eigenvalue weighted by atomic mass is 10.2. The number of hydrogen-bond acceptors (Lipinski definition) is 5. The van der Waals surface area contributed by atoms with Crippen molar-refractivity contribution in [2.75, 3.05) is 33.5 Å². The van der Waals surface area contributed by atoms with E-state index in [1.807, 2.05) is 13.0 Å². The van der Waals surface area contributed by atoms with Crippen molar-refractivity contribution in [1.82, 2.24) is 4.98 Å².